The van der Waals surface area contributed by atoms with Gasteiger partial charge in [0.2, 0.25) is 0 Å². The monoisotopic (exact) mass is 436 g/mol. The zero-order chi connectivity index (χ0) is 21.1. The molecule has 0 N–H and O–H groups in total. The molecule has 3 aromatic heterocycles. The standard InChI is InChI=1S/C23H22ClFN6/c1-29-12-15-7-14(8-20(25)22(15)28-29)21-10-19(24)18-9-17(11-26-23(18)27-21)31-6-3-16(13-31)30-4-2-5-30/h7-12,16H,2-6,13H2,1H3/t16-/m0/s1. The zero-order valence-electron chi connectivity index (χ0n) is 17.2. The third kappa shape index (κ3) is 3.23. The molecule has 2 aliphatic heterocycles. The van der Waals surface area contributed by atoms with Gasteiger partial charge in [0.05, 0.1) is 22.6 Å². The smallest absolute Gasteiger partial charge is 0.161 e. The fourth-order valence-corrected chi connectivity index (χ4v) is 4.96. The number of rotatable bonds is 3. The van der Waals surface area contributed by atoms with Crippen LogP contribution in [0.15, 0.2) is 36.7 Å². The Balaban J connectivity index is 1.35. The Hall–Kier alpha value is -2.77. The summed E-state index contributed by atoms with van der Waals surface area (Å²) in [6.07, 6.45) is 6.16. The summed E-state index contributed by atoms with van der Waals surface area (Å²) in [5.41, 5.74) is 3.25. The molecule has 5 heterocycles. The first-order valence-electron chi connectivity index (χ1n) is 10.6. The molecule has 0 spiro atoms. The van der Waals surface area contributed by atoms with Gasteiger partial charge in [0, 0.05) is 48.7 Å². The number of aryl methyl sites for hydroxylation is 1. The van der Waals surface area contributed by atoms with Gasteiger partial charge in [0.15, 0.2) is 11.5 Å². The lowest BCUT2D eigenvalue weighted by molar-refractivity contribution is 0.129. The Morgan fingerprint density at radius 2 is 2.00 bits per heavy atom. The van der Waals surface area contributed by atoms with Crippen LogP contribution in [0.2, 0.25) is 5.02 Å². The third-order valence-electron chi connectivity index (χ3n) is 6.51. The predicted molar refractivity (Wildman–Crippen MR) is 121 cm³/mol. The molecule has 4 aromatic rings. The van der Waals surface area contributed by atoms with Crippen LogP contribution in [0.5, 0.6) is 0 Å². The molecule has 0 radical (unpaired) electrons. The van der Waals surface area contributed by atoms with Gasteiger partial charge in [-0.1, -0.05) is 11.6 Å². The van der Waals surface area contributed by atoms with E-state index >= 15 is 0 Å². The zero-order valence-corrected chi connectivity index (χ0v) is 18.0. The normalized spacial score (nSPS) is 19.5. The second kappa shape index (κ2) is 7.14. The van der Waals surface area contributed by atoms with E-state index in [0.717, 1.165) is 29.5 Å². The van der Waals surface area contributed by atoms with Gasteiger partial charge in [0.1, 0.15) is 5.52 Å². The number of likely N-dealkylation sites (tertiary alicyclic amines) is 1. The fourth-order valence-electron chi connectivity index (χ4n) is 4.72. The Morgan fingerprint density at radius 1 is 1.13 bits per heavy atom. The number of anilines is 1. The fraction of sp³-hybridized carbons (Fsp3) is 0.348. The predicted octanol–water partition coefficient (Wildman–Crippen LogP) is 4.26. The maximum atomic E-state index is 14.5. The summed E-state index contributed by atoms with van der Waals surface area (Å²) in [7, 11) is 1.78. The molecule has 2 aliphatic rings. The summed E-state index contributed by atoms with van der Waals surface area (Å²) >= 11 is 6.65. The van der Waals surface area contributed by atoms with Crippen molar-refractivity contribution in [3.8, 4) is 11.3 Å². The highest BCUT2D eigenvalue weighted by atomic mass is 35.5. The van der Waals surface area contributed by atoms with Gasteiger partial charge in [-0.2, -0.15) is 5.10 Å². The van der Waals surface area contributed by atoms with E-state index < -0.39 is 0 Å². The van der Waals surface area contributed by atoms with Crippen LogP contribution in [-0.4, -0.2) is 56.9 Å². The second-order valence-electron chi connectivity index (χ2n) is 8.53. The number of nitrogens with zero attached hydrogens (tertiary/aromatic N) is 6. The Bertz CT molecular complexity index is 1310. The molecule has 0 aliphatic carbocycles. The molecule has 6 nitrogen and oxygen atoms in total. The minimum atomic E-state index is -0.375. The van der Waals surface area contributed by atoms with Gasteiger partial charge in [-0.05, 0) is 50.2 Å². The van der Waals surface area contributed by atoms with Gasteiger partial charge in [-0.15, -0.1) is 0 Å². The topological polar surface area (TPSA) is 50.1 Å². The van der Waals surface area contributed by atoms with Crippen molar-refractivity contribution in [3.63, 3.8) is 0 Å². The quantitative estimate of drug-likeness (QED) is 0.480. The summed E-state index contributed by atoms with van der Waals surface area (Å²) in [4.78, 5) is 14.2. The second-order valence-corrected chi connectivity index (χ2v) is 8.94. The van der Waals surface area contributed by atoms with E-state index in [2.05, 4.69) is 30.9 Å². The van der Waals surface area contributed by atoms with Crippen LogP contribution < -0.4 is 4.90 Å². The van der Waals surface area contributed by atoms with Gasteiger partial charge in [0.25, 0.3) is 0 Å². The SMILES string of the molecule is Cn1cc2cc(-c3cc(Cl)c4cc(N5CC[C@H](N6CCC6)C5)cnc4n3)cc(F)c2n1. The van der Waals surface area contributed by atoms with E-state index in [1.165, 1.54) is 32.0 Å². The highest BCUT2D eigenvalue weighted by molar-refractivity contribution is 6.35. The molecule has 0 saturated carbocycles. The maximum Gasteiger partial charge on any atom is 0.161 e. The molecule has 1 atom stereocenters. The molecule has 158 valence electrons. The van der Waals surface area contributed by atoms with E-state index in [0.29, 0.717) is 33.5 Å². The lowest BCUT2D eigenvalue weighted by Gasteiger charge is -2.36. The van der Waals surface area contributed by atoms with E-state index in [9.17, 15) is 4.39 Å². The van der Waals surface area contributed by atoms with Crippen LogP contribution in [0.1, 0.15) is 12.8 Å². The number of halogens is 2. The number of fused-ring (bicyclic) bond motifs is 2. The molecule has 2 saturated heterocycles. The number of pyridine rings is 2. The van der Waals surface area contributed by atoms with E-state index in [1.807, 2.05) is 12.3 Å². The molecular weight excluding hydrogens is 415 g/mol. The van der Waals surface area contributed by atoms with Crippen LogP contribution >= 0.6 is 11.6 Å². The van der Waals surface area contributed by atoms with Crippen LogP contribution in [0, 0.1) is 5.82 Å². The van der Waals surface area contributed by atoms with Crippen molar-refractivity contribution in [2.24, 2.45) is 7.05 Å². The Kier molecular flexibility index (Phi) is 4.36. The molecule has 31 heavy (non-hydrogen) atoms. The Labute approximate surface area is 184 Å². The van der Waals surface area contributed by atoms with Crippen molar-refractivity contribution < 1.29 is 4.39 Å². The largest absolute Gasteiger partial charge is 0.369 e. The number of aromatic nitrogens is 4. The molecular formula is C23H22ClFN6. The van der Waals surface area contributed by atoms with Crippen LogP contribution in [0.25, 0.3) is 33.2 Å². The highest BCUT2D eigenvalue weighted by Gasteiger charge is 2.31. The number of hydrogen-bond donors (Lipinski definition) is 0. The van der Waals surface area contributed by atoms with E-state index in [-0.39, 0.29) is 5.82 Å². The van der Waals surface area contributed by atoms with Crippen molar-refractivity contribution in [2.75, 3.05) is 31.1 Å². The van der Waals surface area contributed by atoms with Gasteiger partial charge >= 0.3 is 0 Å². The minimum Gasteiger partial charge on any atom is -0.369 e. The molecule has 2 fully saturated rings. The molecule has 0 bridgehead atoms. The first-order chi connectivity index (χ1) is 15.0. The molecule has 6 rings (SSSR count). The summed E-state index contributed by atoms with van der Waals surface area (Å²) in [5, 5.41) is 6.28. The summed E-state index contributed by atoms with van der Waals surface area (Å²) in [5.74, 6) is -0.375. The third-order valence-corrected chi connectivity index (χ3v) is 6.82. The van der Waals surface area contributed by atoms with Crippen molar-refractivity contribution in [2.45, 2.75) is 18.9 Å². The van der Waals surface area contributed by atoms with Crippen LogP contribution in [-0.2, 0) is 7.05 Å². The van der Waals surface area contributed by atoms with E-state index in [1.54, 1.807) is 24.0 Å². The number of benzene rings is 1. The van der Waals surface area contributed by atoms with Crippen molar-refractivity contribution in [1.82, 2.24) is 24.6 Å². The van der Waals surface area contributed by atoms with E-state index in [4.69, 9.17) is 11.6 Å². The lowest BCUT2D eigenvalue weighted by atomic mass is 10.1. The molecule has 8 heteroatoms. The van der Waals surface area contributed by atoms with Gasteiger partial charge < -0.3 is 4.90 Å². The average molecular weight is 437 g/mol. The minimum absolute atomic E-state index is 0.350. The Morgan fingerprint density at radius 3 is 2.81 bits per heavy atom. The highest BCUT2D eigenvalue weighted by Crippen LogP contribution is 2.33. The summed E-state index contributed by atoms with van der Waals surface area (Å²) in [6, 6.07) is 7.83. The summed E-state index contributed by atoms with van der Waals surface area (Å²) < 4.78 is 16.1. The molecule has 0 unspecified atom stereocenters. The van der Waals surface area contributed by atoms with Gasteiger partial charge in [-0.3, -0.25) is 9.58 Å². The van der Waals surface area contributed by atoms with Crippen molar-refractivity contribution >= 4 is 39.2 Å². The number of hydrogen-bond acceptors (Lipinski definition) is 5. The van der Waals surface area contributed by atoms with Crippen LogP contribution in [0.3, 0.4) is 0 Å². The first-order valence-corrected chi connectivity index (χ1v) is 11.0. The average Bonchev–Trinajstić information content (AvgIpc) is 3.33. The van der Waals surface area contributed by atoms with Crippen molar-refractivity contribution in [1.29, 1.82) is 0 Å². The summed E-state index contributed by atoms with van der Waals surface area (Å²) in [6.45, 7) is 4.50. The molecule has 0 amide bonds. The van der Waals surface area contributed by atoms with Gasteiger partial charge in [-0.25, -0.2) is 14.4 Å². The molecule has 1 aromatic carbocycles. The first kappa shape index (κ1) is 19.0. The van der Waals surface area contributed by atoms with Crippen LogP contribution in [0.4, 0.5) is 10.1 Å². The lowest BCUT2D eigenvalue weighted by Crippen LogP contribution is -2.46. The van der Waals surface area contributed by atoms with Crippen molar-refractivity contribution in [3.05, 3.63) is 47.5 Å². The maximum absolute atomic E-state index is 14.5.